The second-order valence-electron chi connectivity index (χ2n) is 4.86. The molecule has 6 nitrogen and oxygen atoms in total. The van der Waals surface area contributed by atoms with E-state index in [9.17, 15) is 0 Å². The van der Waals surface area contributed by atoms with Gasteiger partial charge in [-0.3, -0.25) is 4.68 Å². The number of hydrogen-bond donors (Lipinski definition) is 0. The van der Waals surface area contributed by atoms with Crippen LogP contribution in [0.15, 0.2) is 47.2 Å². The third-order valence-corrected chi connectivity index (χ3v) is 3.50. The molecule has 0 aliphatic heterocycles. The molecule has 0 N–H and O–H groups in total. The Kier molecular flexibility index (Phi) is 2.90. The van der Waals surface area contributed by atoms with E-state index < -0.39 is 0 Å². The zero-order valence-corrected chi connectivity index (χ0v) is 12.3. The van der Waals surface area contributed by atoms with Crippen LogP contribution >= 0.6 is 11.6 Å². The summed E-state index contributed by atoms with van der Waals surface area (Å²) >= 11 is 6.00. The minimum Gasteiger partial charge on any atom is -0.332 e. The average Bonchev–Trinajstić information content (AvgIpc) is 3.15. The third kappa shape index (κ3) is 2.23. The van der Waals surface area contributed by atoms with Crippen molar-refractivity contribution in [3.05, 3.63) is 47.7 Å². The highest BCUT2D eigenvalue weighted by molar-refractivity contribution is 6.31. The molecular weight excluding hydrogens is 302 g/mol. The van der Waals surface area contributed by atoms with Gasteiger partial charge in [-0.25, -0.2) is 4.98 Å². The lowest BCUT2D eigenvalue weighted by atomic mass is 10.2. The Morgan fingerprint density at radius 3 is 2.82 bits per heavy atom. The van der Waals surface area contributed by atoms with Gasteiger partial charge in [-0.05, 0) is 18.2 Å². The van der Waals surface area contributed by atoms with E-state index in [4.69, 9.17) is 16.1 Å². The van der Waals surface area contributed by atoms with E-state index in [1.54, 1.807) is 16.9 Å². The first-order valence-corrected chi connectivity index (χ1v) is 6.96. The van der Waals surface area contributed by atoms with Crippen molar-refractivity contribution in [3.8, 4) is 23.0 Å². The molecule has 1 aromatic carbocycles. The van der Waals surface area contributed by atoms with Gasteiger partial charge in [0, 0.05) is 23.7 Å². The lowest BCUT2D eigenvalue weighted by Gasteiger charge is -1.99. The molecule has 0 aliphatic rings. The van der Waals surface area contributed by atoms with Gasteiger partial charge in [0.2, 0.25) is 5.82 Å². The standard InChI is InChI=1S/C15H10ClN5O/c1-21-8-10(7-17-21)14-19-15(22-20-14)12-5-3-9-2-4-11(16)6-13(9)18-12/h2-8H,1H3. The van der Waals surface area contributed by atoms with Gasteiger partial charge < -0.3 is 4.52 Å². The van der Waals surface area contributed by atoms with Crippen LogP contribution in [-0.4, -0.2) is 24.9 Å². The summed E-state index contributed by atoms with van der Waals surface area (Å²) < 4.78 is 6.98. The van der Waals surface area contributed by atoms with Crippen molar-refractivity contribution in [1.29, 1.82) is 0 Å². The Labute approximate surface area is 130 Å². The molecule has 0 unspecified atom stereocenters. The fourth-order valence-electron chi connectivity index (χ4n) is 2.19. The van der Waals surface area contributed by atoms with Gasteiger partial charge in [0.1, 0.15) is 5.69 Å². The van der Waals surface area contributed by atoms with Crippen LogP contribution < -0.4 is 0 Å². The molecule has 4 rings (SSSR count). The molecule has 0 atom stereocenters. The summed E-state index contributed by atoms with van der Waals surface area (Å²) in [6.07, 6.45) is 3.50. The molecule has 0 fully saturated rings. The van der Waals surface area contributed by atoms with Gasteiger partial charge in [0.05, 0.1) is 17.3 Å². The van der Waals surface area contributed by atoms with Crippen LogP contribution in [0.25, 0.3) is 33.9 Å². The Morgan fingerprint density at radius 1 is 1.14 bits per heavy atom. The first-order chi connectivity index (χ1) is 10.7. The smallest absolute Gasteiger partial charge is 0.276 e. The number of hydrogen-bond acceptors (Lipinski definition) is 5. The molecule has 3 heterocycles. The average molecular weight is 312 g/mol. The summed E-state index contributed by atoms with van der Waals surface area (Å²) in [6.45, 7) is 0. The maximum Gasteiger partial charge on any atom is 0.276 e. The summed E-state index contributed by atoms with van der Waals surface area (Å²) in [7, 11) is 1.83. The fraction of sp³-hybridized carbons (Fsp3) is 0.0667. The van der Waals surface area contributed by atoms with E-state index in [0.717, 1.165) is 16.5 Å². The molecule has 0 spiro atoms. The second-order valence-corrected chi connectivity index (χ2v) is 5.30. The zero-order chi connectivity index (χ0) is 15.1. The molecule has 0 amide bonds. The SMILES string of the molecule is Cn1cc(-c2noc(-c3ccc4ccc(Cl)cc4n3)n2)cn1. The second kappa shape index (κ2) is 4.92. The number of halogens is 1. The predicted molar refractivity (Wildman–Crippen MR) is 82.2 cm³/mol. The van der Waals surface area contributed by atoms with E-state index in [1.807, 2.05) is 37.5 Å². The minimum absolute atomic E-state index is 0.362. The summed E-state index contributed by atoms with van der Waals surface area (Å²) in [4.78, 5) is 8.88. The zero-order valence-electron chi connectivity index (χ0n) is 11.6. The quantitative estimate of drug-likeness (QED) is 0.568. The van der Waals surface area contributed by atoms with Crippen molar-refractivity contribution in [1.82, 2.24) is 24.9 Å². The van der Waals surface area contributed by atoms with E-state index in [-0.39, 0.29) is 0 Å². The molecule has 4 aromatic rings. The molecule has 108 valence electrons. The highest BCUT2D eigenvalue weighted by atomic mass is 35.5. The molecule has 0 radical (unpaired) electrons. The van der Waals surface area contributed by atoms with Crippen LogP contribution in [0.3, 0.4) is 0 Å². The number of fused-ring (bicyclic) bond motifs is 1. The van der Waals surface area contributed by atoms with Crippen molar-refractivity contribution in [2.75, 3.05) is 0 Å². The van der Waals surface area contributed by atoms with Gasteiger partial charge in [0.15, 0.2) is 0 Å². The van der Waals surface area contributed by atoms with Crippen molar-refractivity contribution in [2.24, 2.45) is 7.05 Å². The highest BCUT2D eigenvalue weighted by Crippen LogP contribution is 2.24. The molecule has 0 bridgehead atoms. The van der Waals surface area contributed by atoms with E-state index >= 15 is 0 Å². The summed E-state index contributed by atoms with van der Waals surface area (Å²) in [6, 6.07) is 9.35. The van der Waals surface area contributed by atoms with Gasteiger partial charge in [0.25, 0.3) is 5.89 Å². The van der Waals surface area contributed by atoms with Crippen molar-refractivity contribution in [3.63, 3.8) is 0 Å². The predicted octanol–water partition coefficient (Wildman–Crippen LogP) is 3.34. The molecule has 0 saturated carbocycles. The van der Waals surface area contributed by atoms with Crippen LogP contribution in [0.5, 0.6) is 0 Å². The summed E-state index contributed by atoms with van der Waals surface area (Å²) in [5.74, 6) is 0.844. The van der Waals surface area contributed by atoms with Crippen LogP contribution in [-0.2, 0) is 7.05 Å². The minimum atomic E-state index is 0.362. The largest absolute Gasteiger partial charge is 0.332 e. The first-order valence-electron chi connectivity index (χ1n) is 6.58. The molecule has 0 aliphatic carbocycles. The molecular formula is C15H10ClN5O. The van der Waals surface area contributed by atoms with E-state index in [1.165, 1.54) is 0 Å². The van der Waals surface area contributed by atoms with Gasteiger partial charge >= 0.3 is 0 Å². The van der Waals surface area contributed by atoms with Crippen LogP contribution in [0.1, 0.15) is 0 Å². The lowest BCUT2D eigenvalue weighted by Crippen LogP contribution is -1.86. The maximum atomic E-state index is 6.00. The Hall–Kier alpha value is -2.73. The third-order valence-electron chi connectivity index (χ3n) is 3.26. The van der Waals surface area contributed by atoms with Gasteiger partial charge in [-0.15, -0.1) is 0 Å². The number of aryl methyl sites for hydroxylation is 1. The highest BCUT2D eigenvalue weighted by Gasteiger charge is 2.13. The summed E-state index contributed by atoms with van der Waals surface area (Å²) in [5, 5.41) is 9.70. The van der Waals surface area contributed by atoms with Crippen LogP contribution in [0.4, 0.5) is 0 Å². The lowest BCUT2D eigenvalue weighted by molar-refractivity contribution is 0.431. The number of aromatic nitrogens is 5. The Morgan fingerprint density at radius 2 is 2.00 bits per heavy atom. The molecule has 22 heavy (non-hydrogen) atoms. The normalized spacial score (nSPS) is 11.2. The number of benzene rings is 1. The molecule has 7 heteroatoms. The number of nitrogens with zero attached hydrogens (tertiary/aromatic N) is 5. The number of rotatable bonds is 2. The molecule has 3 aromatic heterocycles. The topological polar surface area (TPSA) is 69.6 Å². The Bertz CT molecular complexity index is 975. The number of pyridine rings is 1. The first kappa shape index (κ1) is 13.0. The van der Waals surface area contributed by atoms with E-state index in [2.05, 4.69) is 20.2 Å². The molecule has 0 saturated heterocycles. The van der Waals surface area contributed by atoms with Crippen molar-refractivity contribution in [2.45, 2.75) is 0 Å². The van der Waals surface area contributed by atoms with Crippen molar-refractivity contribution >= 4 is 22.5 Å². The maximum absolute atomic E-state index is 6.00. The summed E-state index contributed by atoms with van der Waals surface area (Å²) in [5.41, 5.74) is 2.19. The van der Waals surface area contributed by atoms with Crippen LogP contribution in [0.2, 0.25) is 5.02 Å². The van der Waals surface area contributed by atoms with Gasteiger partial charge in [-0.2, -0.15) is 10.1 Å². The van der Waals surface area contributed by atoms with Gasteiger partial charge in [-0.1, -0.05) is 28.9 Å². The van der Waals surface area contributed by atoms with E-state index in [0.29, 0.717) is 22.4 Å². The van der Waals surface area contributed by atoms with Crippen molar-refractivity contribution < 1.29 is 4.52 Å². The monoisotopic (exact) mass is 311 g/mol. The fourth-order valence-corrected chi connectivity index (χ4v) is 2.36. The van der Waals surface area contributed by atoms with Crippen LogP contribution in [0, 0.1) is 0 Å². The Balaban J connectivity index is 1.77.